The van der Waals surface area contributed by atoms with Crippen molar-refractivity contribution >= 4 is 28.6 Å². The lowest BCUT2D eigenvalue weighted by Gasteiger charge is -2.33. The molecule has 0 radical (unpaired) electrons. The van der Waals surface area contributed by atoms with Gasteiger partial charge in [-0.2, -0.15) is 4.98 Å². The van der Waals surface area contributed by atoms with Crippen molar-refractivity contribution in [3.63, 3.8) is 0 Å². The molecule has 2 N–H and O–H groups in total. The van der Waals surface area contributed by atoms with Gasteiger partial charge in [0, 0.05) is 63.2 Å². The molecule has 0 saturated carbocycles. The highest BCUT2D eigenvalue weighted by Gasteiger charge is 2.30. The summed E-state index contributed by atoms with van der Waals surface area (Å²) in [4.78, 5) is 26.7. The van der Waals surface area contributed by atoms with Crippen molar-refractivity contribution < 1.29 is 4.79 Å². The molecule has 2 aliphatic heterocycles. The smallest absolute Gasteiger partial charge is 0.226 e. The largest absolute Gasteiger partial charge is 0.369 e. The molecular formula is C27H37N7O. The van der Waals surface area contributed by atoms with Crippen molar-refractivity contribution in [2.45, 2.75) is 45.6 Å². The molecule has 8 heteroatoms. The number of benzene rings is 1. The van der Waals surface area contributed by atoms with E-state index < -0.39 is 0 Å². The van der Waals surface area contributed by atoms with Gasteiger partial charge in [0.2, 0.25) is 11.9 Å². The summed E-state index contributed by atoms with van der Waals surface area (Å²) < 4.78 is 2.16. The predicted molar refractivity (Wildman–Crippen MR) is 141 cm³/mol. The number of piperidine rings is 1. The number of nitrogens with one attached hydrogen (secondary N) is 2. The highest BCUT2D eigenvalue weighted by Crippen LogP contribution is 2.26. The van der Waals surface area contributed by atoms with E-state index in [2.05, 4.69) is 78.6 Å². The number of aromatic nitrogens is 3. The van der Waals surface area contributed by atoms with Gasteiger partial charge in [0.25, 0.3) is 0 Å². The molecule has 35 heavy (non-hydrogen) atoms. The number of carbonyl (C=O) groups excluding carboxylic acids is 1. The zero-order valence-corrected chi connectivity index (χ0v) is 21.0. The molecule has 2 aliphatic rings. The molecule has 4 heterocycles. The van der Waals surface area contributed by atoms with Crippen LogP contribution in [-0.4, -0.2) is 70.0 Å². The van der Waals surface area contributed by atoms with Gasteiger partial charge in [0.05, 0.1) is 11.4 Å². The van der Waals surface area contributed by atoms with Gasteiger partial charge in [0.1, 0.15) is 5.82 Å². The van der Waals surface area contributed by atoms with Crippen LogP contribution in [0.4, 0.5) is 11.8 Å². The SMILES string of the molecule is CCCNc1nc(NC)nc2cc(-n3ccc(CN4CCCC(C(=O)N5CCCC5)C4)c3)ccc12. The third-order valence-electron chi connectivity index (χ3n) is 7.18. The summed E-state index contributed by atoms with van der Waals surface area (Å²) in [5.41, 5.74) is 3.25. The van der Waals surface area contributed by atoms with Crippen LogP contribution < -0.4 is 10.6 Å². The highest BCUT2D eigenvalue weighted by atomic mass is 16.2. The van der Waals surface area contributed by atoms with Crippen LogP contribution in [0.25, 0.3) is 16.6 Å². The van der Waals surface area contributed by atoms with Gasteiger partial charge in [0.15, 0.2) is 0 Å². The molecule has 8 nitrogen and oxygen atoms in total. The second kappa shape index (κ2) is 10.6. The molecule has 1 aromatic carbocycles. The van der Waals surface area contributed by atoms with Crippen LogP contribution in [0.15, 0.2) is 36.7 Å². The fourth-order valence-corrected chi connectivity index (χ4v) is 5.32. The fraction of sp³-hybridized carbons (Fsp3) is 0.519. The summed E-state index contributed by atoms with van der Waals surface area (Å²) in [5, 5.41) is 7.52. The Morgan fingerprint density at radius 2 is 1.97 bits per heavy atom. The average molecular weight is 476 g/mol. The molecule has 3 aromatic rings. The first-order chi connectivity index (χ1) is 17.1. The quantitative estimate of drug-likeness (QED) is 0.510. The Kier molecular flexibility index (Phi) is 7.18. The maximum atomic E-state index is 12.9. The normalized spacial score (nSPS) is 18.8. The van der Waals surface area contributed by atoms with E-state index in [1.165, 1.54) is 5.56 Å². The molecule has 1 atom stereocenters. The Hall–Kier alpha value is -3.13. The van der Waals surface area contributed by atoms with E-state index in [-0.39, 0.29) is 5.92 Å². The molecule has 2 aromatic heterocycles. The number of likely N-dealkylation sites (tertiary alicyclic amines) is 2. The predicted octanol–water partition coefficient (Wildman–Crippen LogP) is 4.12. The van der Waals surface area contributed by atoms with Gasteiger partial charge in [-0.25, -0.2) is 4.98 Å². The summed E-state index contributed by atoms with van der Waals surface area (Å²) in [6, 6.07) is 8.52. The third kappa shape index (κ3) is 5.27. The topological polar surface area (TPSA) is 78.3 Å². The maximum absolute atomic E-state index is 12.9. The van der Waals surface area contributed by atoms with E-state index >= 15 is 0 Å². The van der Waals surface area contributed by atoms with E-state index in [1.807, 2.05) is 7.05 Å². The molecule has 2 saturated heterocycles. The Labute approximate surface area is 207 Å². The summed E-state index contributed by atoms with van der Waals surface area (Å²) >= 11 is 0. The van der Waals surface area contributed by atoms with Crippen LogP contribution in [0.3, 0.4) is 0 Å². The number of amides is 1. The minimum Gasteiger partial charge on any atom is -0.369 e. The molecule has 2 fully saturated rings. The summed E-state index contributed by atoms with van der Waals surface area (Å²) in [6.45, 7) is 7.71. The Balaban J connectivity index is 1.29. The zero-order chi connectivity index (χ0) is 24.2. The van der Waals surface area contributed by atoms with Gasteiger partial charge < -0.3 is 20.1 Å². The summed E-state index contributed by atoms with van der Waals surface area (Å²) in [7, 11) is 1.84. The lowest BCUT2D eigenvalue weighted by Crippen LogP contribution is -2.43. The minimum atomic E-state index is 0.154. The average Bonchev–Trinajstić information content (AvgIpc) is 3.59. The van der Waals surface area contributed by atoms with Gasteiger partial charge in [-0.05, 0) is 68.5 Å². The van der Waals surface area contributed by atoms with Gasteiger partial charge in [-0.3, -0.25) is 9.69 Å². The molecule has 0 bridgehead atoms. The van der Waals surface area contributed by atoms with Crippen molar-refractivity contribution in [1.29, 1.82) is 0 Å². The van der Waals surface area contributed by atoms with E-state index in [0.717, 1.165) is 93.8 Å². The molecule has 186 valence electrons. The first kappa shape index (κ1) is 23.6. The van der Waals surface area contributed by atoms with Crippen LogP contribution >= 0.6 is 0 Å². The van der Waals surface area contributed by atoms with Crippen molar-refractivity contribution in [2.24, 2.45) is 5.92 Å². The van der Waals surface area contributed by atoms with Crippen molar-refractivity contribution in [3.05, 3.63) is 42.2 Å². The first-order valence-electron chi connectivity index (χ1n) is 13.1. The Morgan fingerprint density at radius 3 is 2.77 bits per heavy atom. The van der Waals surface area contributed by atoms with Crippen molar-refractivity contribution in [1.82, 2.24) is 24.3 Å². The third-order valence-corrected chi connectivity index (χ3v) is 7.18. The lowest BCUT2D eigenvalue weighted by atomic mass is 9.96. The Morgan fingerprint density at radius 1 is 1.11 bits per heavy atom. The van der Waals surface area contributed by atoms with E-state index in [0.29, 0.717) is 11.9 Å². The van der Waals surface area contributed by atoms with Gasteiger partial charge in [-0.15, -0.1) is 0 Å². The van der Waals surface area contributed by atoms with E-state index in [4.69, 9.17) is 0 Å². The number of anilines is 2. The van der Waals surface area contributed by atoms with Crippen LogP contribution in [0.2, 0.25) is 0 Å². The minimum absolute atomic E-state index is 0.154. The van der Waals surface area contributed by atoms with Gasteiger partial charge in [-0.1, -0.05) is 6.92 Å². The molecule has 0 spiro atoms. The highest BCUT2D eigenvalue weighted by molar-refractivity contribution is 5.91. The fourth-order valence-electron chi connectivity index (χ4n) is 5.32. The summed E-state index contributed by atoms with van der Waals surface area (Å²) in [6.07, 6.45) is 9.78. The number of hydrogen-bond donors (Lipinski definition) is 2. The number of carbonyl (C=O) groups is 1. The van der Waals surface area contributed by atoms with E-state index in [9.17, 15) is 4.79 Å². The Bertz CT molecular complexity index is 1170. The lowest BCUT2D eigenvalue weighted by molar-refractivity contribution is -0.136. The first-order valence-corrected chi connectivity index (χ1v) is 13.1. The molecular weight excluding hydrogens is 438 g/mol. The van der Waals surface area contributed by atoms with Crippen LogP contribution in [0.1, 0.15) is 44.6 Å². The second-order valence-electron chi connectivity index (χ2n) is 9.81. The zero-order valence-electron chi connectivity index (χ0n) is 21.0. The number of rotatable bonds is 8. The standard InChI is InChI=1S/C27H37N7O/c1-3-11-29-25-23-9-8-22(16-24(23)30-27(28-2)31-25)34-15-10-20(18-34)17-32-12-6-7-21(19-32)26(35)33-13-4-5-14-33/h8-10,15-16,18,21H,3-7,11-14,17,19H2,1-2H3,(H2,28,29,30,31). The second-order valence-corrected chi connectivity index (χ2v) is 9.81. The van der Waals surface area contributed by atoms with Crippen molar-refractivity contribution in [3.8, 4) is 5.69 Å². The number of hydrogen-bond acceptors (Lipinski definition) is 6. The number of fused-ring (bicyclic) bond motifs is 1. The molecule has 1 unspecified atom stereocenters. The monoisotopic (exact) mass is 475 g/mol. The van der Waals surface area contributed by atoms with Crippen LogP contribution in [0.5, 0.6) is 0 Å². The van der Waals surface area contributed by atoms with Crippen molar-refractivity contribution in [2.75, 3.05) is 50.4 Å². The molecule has 0 aliphatic carbocycles. The number of nitrogens with zero attached hydrogens (tertiary/aromatic N) is 5. The molecule has 1 amide bonds. The van der Waals surface area contributed by atoms with Gasteiger partial charge >= 0.3 is 0 Å². The van der Waals surface area contributed by atoms with E-state index in [1.54, 1.807) is 0 Å². The van der Waals surface area contributed by atoms with Crippen LogP contribution in [0, 0.1) is 5.92 Å². The molecule has 5 rings (SSSR count). The summed E-state index contributed by atoms with van der Waals surface area (Å²) in [5.74, 6) is 2.01. The van der Waals surface area contributed by atoms with Crippen LogP contribution in [-0.2, 0) is 11.3 Å². The maximum Gasteiger partial charge on any atom is 0.226 e.